The standard InChI is InChI=1S/C18H20N2O4S/c1-23-13-5-6-15(24-2)14(12-13)17(21)19-7-9-20(10-8-19)18(22)16-4-3-11-25-16/h3-6,11-12H,7-10H2,1-2H3. The van der Waals surface area contributed by atoms with Gasteiger partial charge >= 0.3 is 0 Å². The van der Waals surface area contributed by atoms with Gasteiger partial charge in [-0.05, 0) is 29.6 Å². The van der Waals surface area contributed by atoms with Crippen molar-refractivity contribution in [2.75, 3.05) is 40.4 Å². The maximum atomic E-state index is 12.8. The molecular weight excluding hydrogens is 340 g/mol. The van der Waals surface area contributed by atoms with E-state index < -0.39 is 0 Å². The SMILES string of the molecule is COc1ccc(OC)c(C(=O)N2CCN(C(=O)c3cccs3)CC2)c1. The van der Waals surface area contributed by atoms with Crippen LogP contribution in [0.25, 0.3) is 0 Å². The topological polar surface area (TPSA) is 59.1 Å². The molecule has 2 aromatic rings. The van der Waals surface area contributed by atoms with E-state index in [-0.39, 0.29) is 11.8 Å². The van der Waals surface area contributed by atoms with Crippen molar-refractivity contribution in [3.8, 4) is 11.5 Å². The second-order valence-corrected chi connectivity index (χ2v) is 6.58. The molecule has 0 spiro atoms. The van der Waals surface area contributed by atoms with Crippen LogP contribution in [0.15, 0.2) is 35.7 Å². The normalized spacial score (nSPS) is 14.3. The molecule has 2 heterocycles. The van der Waals surface area contributed by atoms with Gasteiger partial charge in [0.05, 0.1) is 24.7 Å². The lowest BCUT2D eigenvalue weighted by molar-refractivity contribution is 0.0536. The molecule has 1 saturated heterocycles. The van der Waals surface area contributed by atoms with Crippen LogP contribution >= 0.6 is 11.3 Å². The van der Waals surface area contributed by atoms with Crippen molar-refractivity contribution in [3.05, 3.63) is 46.2 Å². The van der Waals surface area contributed by atoms with E-state index in [0.717, 1.165) is 4.88 Å². The van der Waals surface area contributed by atoms with Crippen LogP contribution in [0.1, 0.15) is 20.0 Å². The number of benzene rings is 1. The lowest BCUT2D eigenvalue weighted by atomic mass is 10.1. The molecule has 2 amide bonds. The van der Waals surface area contributed by atoms with Gasteiger partial charge in [-0.2, -0.15) is 0 Å². The third-order valence-corrected chi connectivity index (χ3v) is 5.08. The number of hydrogen-bond acceptors (Lipinski definition) is 5. The highest BCUT2D eigenvalue weighted by Crippen LogP contribution is 2.26. The molecule has 25 heavy (non-hydrogen) atoms. The number of amides is 2. The van der Waals surface area contributed by atoms with Crippen molar-refractivity contribution in [2.45, 2.75) is 0 Å². The Morgan fingerprint density at radius 3 is 2.20 bits per heavy atom. The van der Waals surface area contributed by atoms with Gasteiger partial charge in [0.1, 0.15) is 11.5 Å². The number of methoxy groups -OCH3 is 2. The summed E-state index contributed by atoms with van der Waals surface area (Å²) in [5, 5.41) is 1.89. The number of piperazine rings is 1. The highest BCUT2D eigenvalue weighted by atomic mass is 32.1. The van der Waals surface area contributed by atoms with Gasteiger partial charge in [0.15, 0.2) is 0 Å². The largest absolute Gasteiger partial charge is 0.497 e. The Hall–Kier alpha value is -2.54. The molecule has 0 N–H and O–H groups in total. The number of carbonyl (C=O) groups is 2. The molecule has 0 atom stereocenters. The van der Waals surface area contributed by atoms with Crippen LogP contribution in [0.3, 0.4) is 0 Å². The van der Waals surface area contributed by atoms with Crippen molar-refractivity contribution in [1.82, 2.24) is 9.80 Å². The van der Waals surface area contributed by atoms with E-state index in [0.29, 0.717) is 43.2 Å². The zero-order valence-electron chi connectivity index (χ0n) is 14.2. The Labute approximate surface area is 150 Å². The number of thiophene rings is 1. The fraction of sp³-hybridized carbons (Fsp3) is 0.333. The van der Waals surface area contributed by atoms with Gasteiger partial charge in [0.2, 0.25) is 0 Å². The fourth-order valence-corrected chi connectivity index (χ4v) is 3.51. The summed E-state index contributed by atoms with van der Waals surface area (Å²) >= 11 is 1.44. The number of ether oxygens (including phenoxy) is 2. The van der Waals surface area contributed by atoms with Gasteiger partial charge in [-0.3, -0.25) is 9.59 Å². The van der Waals surface area contributed by atoms with Crippen molar-refractivity contribution < 1.29 is 19.1 Å². The summed E-state index contributed by atoms with van der Waals surface area (Å²) in [5.74, 6) is 1.04. The van der Waals surface area contributed by atoms with E-state index in [2.05, 4.69) is 0 Å². The molecule has 0 radical (unpaired) electrons. The minimum Gasteiger partial charge on any atom is -0.497 e. The third kappa shape index (κ3) is 3.61. The number of nitrogens with zero attached hydrogens (tertiary/aromatic N) is 2. The van der Waals surface area contributed by atoms with E-state index in [1.807, 2.05) is 17.5 Å². The molecule has 0 aliphatic carbocycles. The van der Waals surface area contributed by atoms with Crippen molar-refractivity contribution in [3.63, 3.8) is 0 Å². The van der Waals surface area contributed by atoms with Gasteiger partial charge in [0, 0.05) is 26.2 Å². The Balaban J connectivity index is 1.68. The summed E-state index contributed by atoms with van der Waals surface area (Å²) in [4.78, 5) is 29.5. The van der Waals surface area contributed by atoms with E-state index in [9.17, 15) is 9.59 Å². The number of hydrogen-bond donors (Lipinski definition) is 0. The van der Waals surface area contributed by atoms with Crippen LogP contribution in [-0.2, 0) is 0 Å². The fourth-order valence-electron chi connectivity index (χ4n) is 2.82. The minimum absolute atomic E-state index is 0.0288. The van der Waals surface area contributed by atoms with Gasteiger partial charge in [-0.25, -0.2) is 0 Å². The molecule has 0 bridgehead atoms. The highest BCUT2D eigenvalue weighted by Gasteiger charge is 2.27. The third-order valence-electron chi connectivity index (χ3n) is 4.22. The maximum Gasteiger partial charge on any atom is 0.264 e. The Bertz CT molecular complexity index is 752. The monoisotopic (exact) mass is 360 g/mol. The Morgan fingerprint density at radius 2 is 1.64 bits per heavy atom. The molecule has 0 unspecified atom stereocenters. The second kappa shape index (κ2) is 7.57. The molecule has 7 heteroatoms. The van der Waals surface area contributed by atoms with Gasteiger partial charge < -0.3 is 19.3 Å². The second-order valence-electron chi connectivity index (χ2n) is 5.63. The first-order valence-corrected chi connectivity index (χ1v) is 8.86. The molecule has 1 fully saturated rings. The van der Waals surface area contributed by atoms with Crippen molar-refractivity contribution in [1.29, 1.82) is 0 Å². The number of rotatable bonds is 4. The van der Waals surface area contributed by atoms with Gasteiger partial charge in [0.25, 0.3) is 11.8 Å². The summed E-state index contributed by atoms with van der Waals surface area (Å²) in [7, 11) is 3.10. The number of carbonyl (C=O) groups excluding carboxylic acids is 2. The van der Waals surface area contributed by atoms with Crippen LogP contribution in [0.5, 0.6) is 11.5 Å². The van der Waals surface area contributed by atoms with E-state index in [4.69, 9.17) is 9.47 Å². The van der Waals surface area contributed by atoms with E-state index >= 15 is 0 Å². The Kier molecular flexibility index (Phi) is 5.23. The maximum absolute atomic E-state index is 12.8. The highest BCUT2D eigenvalue weighted by molar-refractivity contribution is 7.12. The lowest BCUT2D eigenvalue weighted by Crippen LogP contribution is -2.50. The smallest absolute Gasteiger partial charge is 0.264 e. The van der Waals surface area contributed by atoms with E-state index in [1.54, 1.807) is 35.1 Å². The minimum atomic E-state index is -0.112. The molecular formula is C18H20N2O4S. The quantitative estimate of drug-likeness (QED) is 0.840. The molecule has 6 nitrogen and oxygen atoms in total. The molecule has 132 valence electrons. The van der Waals surface area contributed by atoms with Crippen molar-refractivity contribution >= 4 is 23.2 Å². The lowest BCUT2D eigenvalue weighted by Gasteiger charge is -2.34. The molecule has 0 saturated carbocycles. The van der Waals surface area contributed by atoms with Gasteiger partial charge in [-0.15, -0.1) is 11.3 Å². The van der Waals surface area contributed by atoms with Crippen LogP contribution in [-0.4, -0.2) is 62.0 Å². The summed E-state index contributed by atoms with van der Waals surface area (Å²) in [6.07, 6.45) is 0. The first-order chi connectivity index (χ1) is 12.1. The van der Waals surface area contributed by atoms with Crippen LogP contribution in [0.2, 0.25) is 0 Å². The van der Waals surface area contributed by atoms with E-state index in [1.165, 1.54) is 18.4 Å². The molecule has 1 aliphatic heterocycles. The predicted octanol–water partition coefficient (Wildman–Crippen LogP) is 2.36. The molecule has 1 aliphatic rings. The molecule has 1 aromatic carbocycles. The van der Waals surface area contributed by atoms with Crippen LogP contribution in [0, 0.1) is 0 Å². The van der Waals surface area contributed by atoms with Crippen LogP contribution < -0.4 is 9.47 Å². The predicted molar refractivity (Wildman–Crippen MR) is 95.7 cm³/mol. The first-order valence-electron chi connectivity index (χ1n) is 7.98. The molecule has 1 aromatic heterocycles. The average Bonchev–Trinajstić information content (AvgIpc) is 3.21. The summed E-state index contributed by atoms with van der Waals surface area (Å²) < 4.78 is 10.5. The first kappa shape index (κ1) is 17.3. The van der Waals surface area contributed by atoms with Crippen molar-refractivity contribution in [2.24, 2.45) is 0 Å². The summed E-state index contributed by atoms with van der Waals surface area (Å²) in [5.41, 5.74) is 0.472. The molecule has 3 rings (SSSR count). The Morgan fingerprint density at radius 1 is 0.960 bits per heavy atom. The van der Waals surface area contributed by atoms with Crippen LogP contribution in [0.4, 0.5) is 0 Å². The zero-order valence-corrected chi connectivity index (χ0v) is 15.0. The summed E-state index contributed by atoms with van der Waals surface area (Å²) in [6, 6.07) is 8.86. The van der Waals surface area contributed by atoms with Gasteiger partial charge in [-0.1, -0.05) is 6.07 Å². The zero-order chi connectivity index (χ0) is 17.8. The average molecular weight is 360 g/mol. The summed E-state index contributed by atoms with van der Waals surface area (Å²) in [6.45, 7) is 2.04.